The summed E-state index contributed by atoms with van der Waals surface area (Å²) >= 11 is 2.77. The highest BCUT2D eigenvalue weighted by molar-refractivity contribution is 8.00. The van der Waals surface area contributed by atoms with Crippen molar-refractivity contribution in [3.05, 3.63) is 64.7 Å². The topological polar surface area (TPSA) is 98.9 Å². The predicted molar refractivity (Wildman–Crippen MR) is 106 cm³/mol. The van der Waals surface area contributed by atoms with Crippen molar-refractivity contribution in [2.24, 2.45) is 0 Å². The number of carbonyl (C=O) groups excluding carboxylic acids is 1. The smallest absolute Gasteiger partial charge is 0.261 e. The number of anilines is 1. The molecule has 0 aliphatic rings. The number of phenols is 1. The van der Waals surface area contributed by atoms with Crippen LogP contribution in [0, 0.1) is 11.3 Å². The van der Waals surface area contributed by atoms with E-state index in [1.807, 2.05) is 19.1 Å². The molecule has 1 amide bonds. The van der Waals surface area contributed by atoms with Gasteiger partial charge in [0.05, 0.1) is 17.2 Å². The molecule has 8 heteroatoms. The van der Waals surface area contributed by atoms with Gasteiger partial charge < -0.3 is 5.11 Å². The molecule has 0 spiro atoms. The summed E-state index contributed by atoms with van der Waals surface area (Å²) in [5.41, 5.74) is 2.88. The van der Waals surface area contributed by atoms with Crippen molar-refractivity contribution in [2.75, 3.05) is 5.32 Å². The van der Waals surface area contributed by atoms with Crippen LogP contribution in [-0.4, -0.2) is 21.2 Å². The van der Waals surface area contributed by atoms with Crippen molar-refractivity contribution in [2.45, 2.75) is 23.4 Å². The maximum Gasteiger partial charge on any atom is 0.261 e. The molecule has 0 bridgehead atoms. The van der Waals surface area contributed by atoms with Crippen molar-refractivity contribution in [3.63, 3.8) is 0 Å². The third kappa shape index (κ3) is 4.84. The van der Waals surface area contributed by atoms with Gasteiger partial charge in [0.1, 0.15) is 5.75 Å². The summed E-state index contributed by atoms with van der Waals surface area (Å²) in [6, 6.07) is 14.4. The van der Waals surface area contributed by atoms with Gasteiger partial charge in [-0.15, -0.1) is 10.2 Å². The Bertz CT molecular complexity index is 994. The van der Waals surface area contributed by atoms with Crippen LogP contribution < -0.4 is 5.32 Å². The lowest BCUT2D eigenvalue weighted by atomic mass is 10.1. The van der Waals surface area contributed by atoms with E-state index in [1.54, 1.807) is 24.3 Å². The van der Waals surface area contributed by atoms with Crippen molar-refractivity contribution in [1.29, 1.82) is 5.26 Å². The zero-order valence-electron chi connectivity index (χ0n) is 14.5. The second kappa shape index (κ2) is 8.66. The third-order valence-electron chi connectivity index (χ3n) is 3.79. The number of aromatic hydroxyl groups is 1. The van der Waals surface area contributed by atoms with Gasteiger partial charge in [-0.25, -0.2) is 0 Å². The second-order valence-corrected chi connectivity index (χ2v) is 7.83. The largest absolute Gasteiger partial charge is 0.507 e. The van der Waals surface area contributed by atoms with Gasteiger partial charge in [-0.05, 0) is 41.8 Å². The quantitative estimate of drug-likeness (QED) is 0.478. The van der Waals surface area contributed by atoms with E-state index in [2.05, 4.69) is 21.6 Å². The first kappa shape index (κ1) is 18.9. The molecule has 1 heterocycles. The number of nitrogens with one attached hydrogen (secondary N) is 1. The van der Waals surface area contributed by atoms with Gasteiger partial charge in [0.2, 0.25) is 5.13 Å². The van der Waals surface area contributed by atoms with Crippen LogP contribution in [0.4, 0.5) is 5.13 Å². The monoisotopic (exact) mass is 396 g/mol. The highest BCUT2D eigenvalue weighted by atomic mass is 32.2. The van der Waals surface area contributed by atoms with Crippen molar-refractivity contribution < 1.29 is 9.90 Å². The minimum atomic E-state index is -0.414. The number of phenolic OH excluding ortho intramolecular Hbond substituents is 1. The Kier molecular flexibility index (Phi) is 6.06. The van der Waals surface area contributed by atoms with E-state index in [0.717, 1.165) is 21.9 Å². The fourth-order valence-electron chi connectivity index (χ4n) is 2.29. The Hall–Kier alpha value is -2.89. The number of aryl methyl sites for hydroxylation is 1. The summed E-state index contributed by atoms with van der Waals surface area (Å²) in [6.07, 6.45) is 0.773. The molecule has 0 saturated carbocycles. The van der Waals surface area contributed by atoms with Gasteiger partial charge in [-0.3, -0.25) is 10.1 Å². The van der Waals surface area contributed by atoms with Crippen LogP contribution in [0.15, 0.2) is 46.8 Å². The van der Waals surface area contributed by atoms with Crippen LogP contribution >= 0.6 is 23.1 Å². The van der Waals surface area contributed by atoms with Gasteiger partial charge >= 0.3 is 0 Å². The van der Waals surface area contributed by atoms with Crippen LogP contribution in [0.5, 0.6) is 5.75 Å². The van der Waals surface area contributed by atoms with Crippen LogP contribution in [0.3, 0.4) is 0 Å². The zero-order valence-corrected chi connectivity index (χ0v) is 16.1. The Balaban J connectivity index is 1.62. The van der Waals surface area contributed by atoms with Gasteiger partial charge in [-0.1, -0.05) is 48.2 Å². The number of rotatable bonds is 6. The SMILES string of the molecule is CCc1ccc(O)c(C(=O)Nc2nnc(SCc3ccc(C#N)cc3)s2)c1. The first-order valence-corrected chi connectivity index (χ1v) is 9.98. The van der Waals surface area contributed by atoms with Gasteiger partial charge in [0.25, 0.3) is 5.91 Å². The van der Waals surface area contributed by atoms with Crippen molar-refractivity contribution in [3.8, 4) is 11.8 Å². The number of thioether (sulfide) groups is 1. The molecule has 6 nitrogen and oxygen atoms in total. The normalized spacial score (nSPS) is 10.4. The number of hydrogen-bond donors (Lipinski definition) is 2. The molecule has 27 heavy (non-hydrogen) atoms. The molecular formula is C19H16N4O2S2. The van der Waals surface area contributed by atoms with E-state index in [4.69, 9.17) is 5.26 Å². The van der Waals surface area contributed by atoms with Crippen LogP contribution in [0.2, 0.25) is 0 Å². The highest BCUT2D eigenvalue weighted by Gasteiger charge is 2.14. The number of amides is 1. The van der Waals surface area contributed by atoms with Crippen molar-refractivity contribution in [1.82, 2.24) is 10.2 Å². The molecule has 136 valence electrons. The molecule has 0 radical (unpaired) electrons. The molecule has 2 aromatic carbocycles. The number of nitrogens with zero attached hydrogens (tertiary/aromatic N) is 3. The van der Waals surface area contributed by atoms with E-state index in [9.17, 15) is 9.90 Å². The lowest BCUT2D eigenvalue weighted by Gasteiger charge is -2.06. The number of carbonyl (C=O) groups is 1. The Morgan fingerprint density at radius 3 is 2.67 bits per heavy atom. The van der Waals surface area contributed by atoms with Crippen LogP contribution in [0.25, 0.3) is 0 Å². The lowest BCUT2D eigenvalue weighted by Crippen LogP contribution is -2.12. The van der Waals surface area contributed by atoms with E-state index in [0.29, 0.717) is 16.4 Å². The summed E-state index contributed by atoms with van der Waals surface area (Å²) in [6.45, 7) is 1.98. The third-order valence-corrected chi connectivity index (χ3v) is 5.83. The fraction of sp³-hybridized carbons (Fsp3) is 0.158. The predicted octanol–water partition coefficient (Wildman–Crippen LogP) is 4.22. The first-order chi connectivity index (χ1) is 13.1. The average Bonchev–Trinajstić information content (AvgIpc) is 3.14. The zero-order chi connectivity index (χ0) is 19.2. The maximum absolute atomic E-state index is 12.4. The summed E-state index contributed by atoms with van der Waals surface area (Å²) in [5.74, 6) is 0.209. The second-order valence-electron chi connectivity index (χ2n) is 5.63. The molecule has 0 aliphatic carbocycles. The van der Waals surface area contributed by atoms with Crippen molar-refractivity contribution >= 4 is 34.1 Å². The van der Waals surface area contributed by atoms with E-state index in [1.165, 1.54) is 29.2 Å². The summed E-state index contributed by atoms with van der Waals surface area (Å²) in [5, 5.41) is 29.8. The van der Waals surface area contributed by atoms with Crippen LogP contribution in [-0.2, 0) is 12.2 Å². The van der Waals surface area contributed by atoms with E-state index in [-0.39, 0.29) is 11.3 Å². The number of benzene rings is 2. The Morgan fingerprint density at radius 2 is 1.96 bits per heavy atom. The van der Waals surface area contributed by atoms with Crippen LogP contribution in [0.1, 0.15) is 34.0 Å². The number of aromatic nitrogens is 2. The Labute approximate surface area is 164 Å². The molecule has 3 aromatic rings. The summed E-state index contributed by atoms with van der Waals surface area (Å²) < 4.78 is 0.723. The minimum Gasteiger partial charge on any atom is -0.507 e. The molecule has 0 unspecified atom stereocenters. The molecule has 0 fully saturated rings. The molecule has 3 rings (SSSR count). The molecular weight excluding hydrogens is 380 g/mol. The molecule has 0 atom stereocenters. The van der Waals surface area contributed by atoms with Gasteiger partial charge in [-0.2, -0.15) is 5.26 Å². The highest BCUT2D eigenvalue weighted by Crippen LogP contribution is 2.29. The number of hydrogen-bond acceptors (Lipinski definition) is 7. The molecule has 0 saturated heterocycles. The molecule has 2 N–H and O–H groups in total. The van der Waals surface area contributed by atoms with E-state index >= 15 is 0 Å². The summed E-state index contributed by atoms with van der Waals surface area (Å²) in [7, 11) is 0. The number of nitriles is 1. The van der Waals surface area contributed by atoms with E-state index < -0.39 is 5.91 Å². The molecule has 1 aromatic heterocycles. The molecule has 0 aliphatic heterocycles. The first-order valence-electron chi connectivity index (χ1n) is 8.17. The van der Waals surface area contributed by atoms with Gasteiger partial charge in [0.15, 0.2) is 4.34 Å². The Morgan fingerprint density at radius 1 is 1.22 bits per heavy atom. The maximum atomic E-state index is 12.4. The average molecular weight is 396 g/mol. The fourth-order valence-corrected chi connectivity index (χ4v) is 3.99. The standard InChI is InChI=1S/C19H16N4O2S2/c1-2-12-7-8-16(24)15(9-12)17(25)21-18-22-23-19(27-18)26-11-14-5-3-13(10-20)4-6-14/h3-9,24H,2,11H2,1H3,(H,21,22,25). The lowest BCUT2D eigenvalue weighted by molar-refractivity contribution is 0.102. The summed E-state index contributed by atoms with van der Waals surface area (Å²) in [4.78, 5) is 12.4. The van der Waals surface area contributed by atoms with Gasteiger partial charge in [0, 0.05) is 5.75 Å². The minimum absolute atomic E-state index is 0.0652.